The third kappa shape index (κ3) is 2.81. The Morgan fingerprint density at radius 3 is 2.50 bits per heavy atom. The van der Waals surface area contributed by atoms with Crippen LogP contribution in [-0.4, -0.2) is 19.9 Å². The van der Waals surface area contributed by atoms with Crippen molar-refractivity contribution in [2.24, 2.45) is 5.73 Å². The van der Waals surface area contributed by atoms with E-state index in [-0.39, 0.29) is 10.0 Å². The average Bonchev–Trinajstić information content (AvgIpc) is 2.18. The Labute approximate surface area is 103 Å². The quantitative estimate of drug-likeness (QED) is 0.929. The summed E-state index contributed by atoms with van der Waals surface area (Å²) in [6.45, 7) is 1.47. The number of hydrogen-bond donors (Lipinski definition) is 1. The van der Waals surface area contributed by atoms with Crippen LogP contribution in [0.3, 0.4) is 0 Å². The van der Waals surface area contributed by atoms with Gasteiger partial charge in [-0.1, -0.05) is 12.1 Å². The van der Waals surface area contributed by atoms with Gasteiger partial charge in [0.2, 0.25) is 0 Å². The van der Waals surface area contributed by atoms with Crippen molar-refractivity contribution in [3.63, 3.8) is 0 Å². The molecule has 0 aliphatic heterocycles. The predicted octanol–water partition coefficient (Wildman–Crippen LogP) is 2.02. The average molecular weight is 310 g/mol. The summed E-state index contributed by atoms with van der Waals surface area (Å²) in [5.41, 5.74) is 5.96. The second-order valence-corrected chi connectivity index (χ2v) is 6.96. The van der Waals surface area contributed by atoms with Crippen LogP contribution in [0.1, 0.15) is 18.5 Å². The topological polar surface area (TPSA) is 60.2 Å². The molecule has 1 rings (SSSR count). The molecule has 0 bridgehead atoms. The Morgan fingerprint density at radius 2 is 2.00 bits per heavy atom. The number of halogens is 2. The summed E-state index contributed by atoms with van der Waals surface area (Å²) >= 11 is 3.03. The van der Waals surface area contributed by atoms with Crippen LogP contribution in [0, 0.1) is 5.82 Å². The number of sulfone groups is 1. The highest BCUT2D eigenvalue weighted by atomic mass is 79.9. The lowest BCUT2D eigenvalue weighted by Gasteiger charge is -2.19. The third-order valence-corrected chi connectivity index (χ3v) is 4.78. The molecule has 6 heteroatoms. The molecule has 0 heterocycles. The molecule has 0 saturated heterocycles. The van der Waals surface area contributed by atoms with Crippen molar-refractivity contribution in [2.75, 3.05) is 6.26 Å². The fraction of sp³-hybridized carbons (Fsp3) is 0.400. The molecule has 0 aliphatic carbocycles. The lowest BCUT2D eigenvalue weighted by Crippen LogP contribution is -2.31. The van der Waals surface area contributed by atoms with Crippen molar-refractivity contribution >= 4 is 25.8 Å². The lowest BCUT2D eigenvalue weighted by molar-refractivity contribution is 0.547. The molecule has 1 aromatic rings. The van der Waals surface area contributed by atoms with E-state index in [1.165, 1.54) is 19.1 Å². The maximum atomic E-state index is 13.7. The molecule has 3 nitrogen and oxygen atoms in total. The van der Waals surface area contributed by atoms with Gasteiger partial charge in [0.25, 0.3) is 0 Å². The third-order valence-electron chi connectivity index (χ3n) is 2.52. The number of nitrogens with two attached hydrogens (primary N) is 1. The maximum absolute atomic E-state index is 13.7. The molecule has 0 radical (unpaired) electrons. The summed E-state index contributed by atoms with van der Waals surface area (Å²) in [4.78, 5) is 0. The minimum Gasteiger partial charge on any atom is -0.323 e. The van der Waals surface area contributed by atoms with Crippen LogP contribution in [0.5, 0.6) is 0 Å². The standard InChI is InChI=1S/C10H13BrFNO2S/c1-6(16(2,14)15)10(13)7-4-3-5-8(11)9(7)12/h3-6,10H,13H2,1-2H3. The van der Waals surface area contributed by atoms with Gasteiger partial charge < -0.3 is 5.73 Å². The molecule has 2 unspecified atom stereocenters. The highest BCUT2D eigenvalue weighted by Crippen LogP contribution is 2.26. The molecular weight excluding hydrogens is 297 g/mol. The molecule has 90 valence electrons. The van der Waals surface area contributed by atoms with Gasteiger partial charge in [-0.25, -0.2) is 12.8 Å². The molecule has 1 aromatic carbocycles. The van der Waals surface area contributed by atoms with Crippen molar-refractivity contribution in [3.05, 3.63) is 34.1 Å². The summed E-state index contributed by atoms with van der Waals surface area (Å²) in [7, 11) is -3.29. The lowest BCUT2D eigenvalue weighted by atomic mass is 10.0. The maximum Gasteiger partial charge on any atom is 0.151 e. The van der Waals surface area contributed by atoms with Crippen LogP contribution in [0.25, 0.3) is 0 Å². The van der Waals surface area contributed by atoms with E-state index in [0.717, 1.165) is 6.26 Å². The van der Waals surface area contributed by atoms with Gasteiger partial charge in [-0.2, -0.15) is 0 Å². The van der Waals surface area contributed by atoms with Crippen LogP contribution >= 0.6 is 15.9 Å². The van der Waals surface area contributed by atoms with E-state index in [1.54, 1.807) is 6.07 Å². The monoisotopic (exact) mass is 309 g/mol. The highest BCUT2D eigenvalue weighted by molar-refractivity contribution is 9.10. The zero-order valence-corrected chi connectivity index (χ0v) is 11.3. The van der Waals surface area contributed by atoms with Gasteiger partial charge in [-0.05, 0) is 28.9 Å². The smallest absolute Gasteiger partial charge is 0.151 e. The van der Waals surface area contributed by atoms with Crippen LogP contribution in [0.4, 0.5) is 4.39 Å². The highest BCUT2D eigenvalue weighted by Gasteiger charge is 2.26. The van der Waals surface area contributed by atoms with Gasteiger partial charge in [-0.15, -0.1) is 0 Å². The van der Waals surface area contributed by atoms with E-state index in [4.69, 9.17) is 5.73 Å². The van der Waals surface area contributed by atoms with Gasteiger partial charge in [0.05, 0.1) is 9.72 Å². The van der Waals surface area contributed by atoms with Crippen LogP contribution in [0.15, 0.2) is 22.7 Å². The molecule has 0 saturated carbocycles. The van der Waals surface area contributed by atoms with Gasteiger partial charge in [-0.3, -0.25) is 0 Å². The first-order valence-corrected chi connectivity index (χ1v) is 7.38. The Bertz CT molecular complexity index is 490. The van der Waals surface area contributed by atoms with Crippen LogP contribution in [0.2, 0.25) is 0 Å². The molecular formula is C10H13BrFNO2S. The Balaban J connectivity index is 3.15. The first-order valence-electron chi connectivity index (χ1n) is 4.63. The second-order valence-electron chi connectivity index (χ2n) is 3.70. The number of benzene rings is 1. The summed E-state index contributed by atoms with van der Waals surface area (Å²) in [5, 5.41) is -0.823. The zero-order chi connectivity index (χ0) is 12.5. The van der Waals surface area contributed by atoms with Gasteiger partial charge in [0.1, 0.15) is 5.82 Å². The Morgan fingerprint density at radius 1 is 1.44 bits per heavy atom. The fourth-order valence-electron chi connectivity index (χ4n) is 1.30. The Kier molecular flexibility index (Phi) is 4.09. The summed E-state index contributed by atoms with van der Waals surface area (Å²) < 4.78 is 36.6. The van der Waals surface area contributed by atoms with Crippen molar-refractivity contribution < 1.29 is 12.8 Å². The zero-order valence-electron chi connectivity index (χ0n) is 8.94. The van der Waals surface area contributed by atoms with E-state index in [0.29, 0.717) is 0 Å². The van der Waals surface area contributed by atoms with Crippen molar-refractivity contribution in [2.45, 2.75) is 18.2 Å². The molecule has 0 amide bonds. The minimum atomic E-state index is -3.29. The van der Waals surface area contributed by atoms with E-state index in [2.05, 4.69) is 15.9 Å². The number of hydrogen-bond acceptors (Lipinski definition) is 3. The van der Waals surface area contributed by atoms with Gasteiger partial charge >= 0.3 is 0 Å². The normalized spacial score (nSPS) is 15.8. The second kappa shape index (κ2) is 4.81. The van der Waals surface area contributed by atoms with Gasteiger partial charge in [0.15, 0.2) is 9.84 Å². The van der Waals surface area contributed by atoms with Crippen LogP contribution < -0.4 is 5.73 Å². The first kappa shape index (κ1) is 13.6. The van der Waals surface area contributed by atoms with Crippen molar-refractivity contribution in [3.8, 4) is 0 Å². The largest absolute Gasteiger partial charge is 0.323 e. The summed E-state index contributed by atoms with van der Waals surface area (Å²) in [6, 6.07) is 3.79. The SMILES string of the molecule is CC(C(N)c1cccc(Br)c1F)S(C)(=O)=O. The molecule has 0 spiro atoms. The van der Waals surface area contributed by atoms with Crippen molar-refractivity contribution in [1.82, 2.24) is 0 Å². The molecule has 0 aromatic heterocycles. The fourth-order valence-corrected chi connectivity index (χ4v) is 2.36. The molecule has 2 N–H and O–H groups in total. The van der Waals surface area contributed by atoms with E-state index < -0.39 is 26.9 Å². The molecule has 0 fully saturated rings. The van der Waals surface area contributed by atoms with E-state index in [9.17, 15) is 12.8 Å². The predicted molar refractivity (Wildman–Crippen MR) is 65.3 cm³/mol. The van der Waals surface area contributed by atoms with E-state index >= 15 is 0 Å². The molecule has 0 aliphatic rings. The number of rotatable bonds is 3. The Hall–Kier alpha value is -0.460. The summed E-state index contributed by atoms with van der Waals surface area (Å²) in [6.07, 6.45) is 1.09. The van der Waals surface area contributed by atoms with E-state index in [1.807, 2.05) is 0 Å². The molecule has 16 heavy (non-hydrogen) atoms. The van der Waals surface area contributed by atoms with Gasteiger partial charge in [0, 0.05) is 17.9 Å². The first-order chi connectivity index (χ1) is 7.25. The minimum absolute atomic E-state index is 0.201. The van der Waals surface area contributed by atoms with Crippen molar-refractivity contribution in [1.29, 1.82) is 0 Å². The summed E-state index contributed by atoms with van der Waals surface area (Å²) in [5.74, 6) is -0.509. The molecule has 2 atom stereocenters. The van der Waals surface area contributed by atoms with Crippen LogP contribution in [-0.2, 0) is 9.84 Å².